The van der Waals surface area contributed by atoms with Crippen LogP contribution in [-0.2, 0) is 4.74 Å². The van der Waals surface area contributed by atoms with Gasteiger partial charge in [0, 0.05) is 13.1 Å². The highest BCUT2D eigenvalue weighted by Crippen LogP contribution is 2.41. The third kappa shape index (κ3) is 2.79. The van der Waals surface area contributed by atoms with E-state index in [1.54, 1.807) is 4.90 Å². The quantitative estimate of drug-likeness (QED) is 0.652. The molecule has 17 heavy (non-hydrogen) atoms. The average Bonchev–Trinajstić information content (AvgIpc) is 2.70. The predicted octanol–water partition coefficient (Wildman–Crippen LogP) is 3.12. The molecule has 1 heterocycles. The van der Waals surface area contributed by atoms with E-state index in [9.17, 15) is 9.18 Å². The Balaban J connectivity index is 1.90. The molecule has 1 saturated heterocycles. The number of rotatable bonds is 0. The lowest BCUT2D eigenvalue weighted by Crippen LogP contribution is -2.35. The van der Waals surface area contributed by atoms with E-state index >= 15 is 0 Å². The van der Waals surface area contributed by atoms with Crippen LogP contribution in [0.2, 0.25) is 0 Å². The molecule has 0 spiro atoms. The van der Waals surface area contributed by atoms with Gasteiger partial charge in [-0.05, 0) is 51.0 Å². The van der Waals surface area contributed by atoms with Gasteiger partial charge in [-0.1, -0.05) is 0 Å². The van der Waals surface area contributed by atoms with Gasteiger partial charge in [0.25, 0.3) is 0 Å². The summed E-state index contributed by atoms with van der Waals surface area (Å²) < 4.78 is 17.8. The topological polar surface area (TPSA) is 29.5 Å². The first kappa shape index (κ1) is 12.4. The van der Waals surface area contributed by atoms with Gasteiger partial charge in [-0.15, -0.1) is 0 Å². The summed E-state index contributed by atoms with van der Waals surface area (Å²) in [6, 6.07) is 0. The van der Waals surface area contributed by atoms with Crippen molar-refractivity contribution in [3.63, 3.8) is 0 Å². The van der Waals surface area contributed by atoms with Gasteiger partial charge in [-0.2, -0.15) is 0 Å². The van der Waals surface area contributed by atoms with Crippen molar-refractivity contribution < 1.29 is 13.9 Å². The third-order valence-corrected chi connectivity index (χ3v) is 3.43. The van der Waals surface area contributed by atoms with Crippen molar-refractivity contribution in [2.45, 2.75) is 39.2 Å². The molecule has 96 valence electrons. The maximum absolute atomic E-state index is 12.4. The maximum atomic E-state index is 12.4. The summed E-state index contributed by atoms with van der Waals surface area (Å²) in [6.45, 7) is 7.01. The Morgan fingerprint density at radius 1 is 1.35 bits per heavy atom. The second kappa shape index (κ2) is 4.31. The zero-order chi connectivity index (χ0) is 12.6. The average molecular weight is 241 g/mol. The van der Waals surface area contributed by atoms with E-state index in [0.29, 0.717) is 24.9 Å². The van der Waals surface area contributed by atoms with Crippen molar-refractivity contribution in [2.75, 3.05) is 13.1 Å². The van der Waals surface area contributed by atoms with Crippen LogP contribution in [0, 0.1) is 11.8 Å². The van der Waals surface area contributed by atoms with E-state index in [0.717, 1.165) is 24.7 Å². The van der Waals surface area contributed by atoms with E-state index in [1.165, 1.54) is 0 Å². The van der Waals surface area contributed by atoms with Crippen LogP contribution in [0.3, 0.4) is 0 Å². The number of nitrogens with zero attached hydrogens (tertiary/aromatic N) is 1. The number of allylic oxidation sites excluding steroid dienone is 1. The standard InChI is InChI=1S/C13H20FNO2/c1-13(2,3)17-12(16)15-7-10-4-9(6-14)5-11(10)8-15/h6,10-11H,4-5,7-8H2,1-3H3. The van der Waals surface area contributed by atoms with Crippen molar-refractivity contribution in [1.29, 1.82) is 0 Å². The molecule has 2 unspecified atom stereocenters. The fraction of sp³-hybridized carbons (Fsp3) is 0.769. The van der Waals surface area contributed by atoms with Crippen molar-refractivity contribution >= 4 is 6.09 Å². The van der Waals surface area contributed by atoms with Crippen LogP contribution in [0.15, 0.2) is 11.9 Å². The van der Waals surface area contributed by atoms with Gasteiger partial charge in [0.15, 0.2) is 0 Å². The Bertz CT molecular complexity index is 330. The van der Waals surface area contributed by atoms with Crippen LogP contribution in [-0.4, -0.2) is 29.7 Å². The molecule has 2 aliphatic rings. The molecule has 0 N–H and O–H groups in total. The van der Waals surface area contributed by atoms with E-state index < -0.39 is 5.60 Å². The van der Waals surface area contributed by atoms with Crippen LogP contribution in [0.4, 0.5) is 9.18 Å². The minimum Gasteiger partial charge on any atom is -0.444 e. The largest absolute Gasteiger partial charge is 0.444 e. The number of halogens is 1. The first-order valence-corrected chi connectivity index (χ1v) is 6.15. The van der Waals surface area contributed by atoms with E-state index in [-0.39, 0.29) is 6.09 Å². The number of hydrogen-bond donors (Lipinski definition) is 0. The number of hydrogen-bond acceptors (Lipinski definition) is 2. The molecule has 2 rings (SSSR count). The Morgan fingerprint density at radius 2 is 1.88 bits per heavy atom. The van der Waals surface area contributed by atoms with Gasteiger partial charge in [-0.25, -0.2) is 9.18 Å². The highest BCUT2D eigenvalue weighted by molar-refractivity contribution is 5.68. The fourth-order valence-corrected chi connectivity index (χ4v) is 2.72. The maximum Gasteiger partial charge on any atom is 0.410 e. The molecule has 4 heteroatoms. The van der Waals surface area contributed by atoms with Crippen LogP contribution in [0.5, 0.6) is 0 Å². The molecule has 0 bridgehead atoms. The molecule has 1 aliphatic heterocycles. The van der Waals surface area contributed by atoms with E-state index in [2.05, 4.69) is 0 Å². The Kier molecular flexibility index (Phi) is 3.15. The molecule has 0 aromatic carbocycles. The minimum absolute atomic E-state index is 0.238. The highest BCUT2D eigenvalue weighted by atomic mass is 19.1. The van der Waals surface area contributed by atoms with Gasteiger partial charge >= 0.3 is 6.09 Å². The van der Waals surface area contributed by atoms with Crippen molar-refractivity contribution in [1.82, 2.24) is 4.90 Å². The number of carbonyl (C=O) groups excluding carboxylic acids is 1. The van der Waals surface area contributed by atoms with E-state index in [4.69, 9.17) is 4.74 Å². The molecular weight excluding hydrogens is 221 g/mol. The summed E-state index contributed by atoms with van der Waals surface area (Å²) >= 11 is 0. The lowest BCUT2D eigenvalue weighted by Gasteiger charge is -2.24. The van der Waals surface area contributed by atoms with Gasteiger partial charge in [0.05, 0.1) is 6.33 Å². The first-order chi connectivity index (χ1) is 7.89. The smallest absolute Gasteiger partial charge is 0.410 e. The summed E-state index contributed by atoms with van der Waals surface area (Å²) in [4.78, 5) is 13.6. The van der Waals surface area contributed by atoms with Gasteiger partial charge in [-0.3, -0.25) is 0 Å². The molecular formula is C13H20FNO2. The number of ether oxygens (including phenoxy) is 1. The van der Waals surface area contributed by atoms with Crippen molar-refractivity contribution in [2.24, 2.45) is 11.8 Å². The number of carbonyl (C=O) groups is 1. The van der Waals surface area contributed by atoms with Gasteiger partial charge < -0.3 is 9.64 Å². The molecule has 0 aromatic rings. The van der Waals surface area contributed by atoms with Crippen LogP contribution >= 0.6 is 0 Å². The second-order valence-corrected chi connectivity index (χ2v) is 6.08. The van der Waals surface area contributed by atoms with Crippen LogP contribution in [0.25, 0.3) is 0 Å². The number of likely N-dealkylation sites (tertiary alicyclic amines) is 1. The number of amides is 1. The Labute approximate surface area is 102 Å². The molecule has 3 nitrogen and oxygen atoms in total. The predicted molar refractivity (Wildman–Crippen MR) is 63.2 cm³/mol. The first-order valence-electron chi connectivity index (χ1n) is 6.15. The molecule has 0 radical (unpaired) electrons. The Hall–Kier alpha value is -1.06. The molecule has 2 atom stereocenters. The van der Waals surface area contributed by atoms with Crippen LogP contribution < -0.4 is 0 Å². The van der Waals surface area contributed by atoms with E-state index in [1.807, 2.05) is 20.8 Å². The van der Waals surface area contributed by atoms with Gasteiger partial charge in [0.1, 0.15) is 5.60 Å². The third-order valence-electron chi connectivity index (χ3n) is 3.43. The SMILES string of the molecule is CC(C)(C)OC(=O)N1CC2CC(=CF)CC2C1. The fourth-order valence-electron chi connectivity index (χ4n) is 2.72. The zero-order valence-electron chi connectivity index (χ0n) is 10.7. The van der Waals surface area contributed by atoms with Crippen molar-refractivity contribution in [3.05, 3.63) is 11.9 Å². The summed E-state index contributed by atoms with van der Waals surface area (Å²) in [5, 5.41) is 0. The van der Waals surface area contributed by atoms with Crippen molar-refractivity contribution in [3.8, 4) is 0 Å². The summed E-state index contributed by atoms with van der Waals surface area (Å²) in [5.41, 5.74) is 0.447. The van der Waals surface area contributed by atoms with Crippen LogP contribution in [0.1, 0.15) is 33.6 Å². The summed E-state index contributed by atoms with van der Waals surface area (Å²) in [7, 11) is 0. The normalized spacial score (nSPS) is 28.2. The highest BCUT2D eigenvalue weighted by Gasteiger charge is 2.41. The molecule has 0 aromatic heterocycles. The molecule has 1 saturated carbocycles. The summed E-state index contributed by atoms with van der Waals surface area (Å²) in [6.07, 6.45) is 2.08. The number of fused-ring (bicyclic) bond motifs is 1. The Morgan fingerprint density at radius 3 is 2.29 bits per heavy atom. The van der Waals surface area contributed by atoms with Gasteiger partial charge in [0.2, 0.25) is 0 Å². The minimum atomic E-state index is -0.446. The molecule has 2 fully saturated rings. The summed E-state index contributed by atoms with van der Waals surface area (Å²) in [5.74, 6) is 0.842. The lowest BCUT2D eigenvalue weighted by atomic mass is 10.0. The molecule has 1 aliphatic carbocycles. The molecule has 1 amide bonds. The second-order valence-electron chi connectivity index (χ2n) is 6.08. The lowest BCUT2D eigenvalue weighted by molar-refractivity contribution is 0.0282. The monoisotopic (exact) mass is 241 g/mol. The zero-order valence-corrected chi connectivity index (χ0v) is 10.7.